The molecule has 0 spiro atoms. The number of hydrogen-bond acceptors (Lipinski definition) is 7. The van der Waals surface area contributed by atoms with E-state index in [-0.39, 0.29) is 27.0 Å². The smallest absolute Gasteiger partial charge is 0.181 e. The third kappa shape index (κ3) is 4.20. The summed E-state index contributed by atoms with van der Waals surface area (Å²) in [5.41, 5.74) is 7.24. The van der Waals surface area contributed by atoms with E-state index in [9.17, 15) is 16.8 Å². The van der Waals surface area contributed by atoms with E-state index in [1.54, 1.807) is 64.1 Å². The van der Waals surface area contributed by atoms with E-state index in [1.807, 2.05) is 0 Å². The first kappa shape index (κ1) is 22.9. The molecule has 0 fully saturated rings. The molecule has 0 saturated heterocycles. The summed E-state index contributed by atoms with van der Waals surface area (Å²) in [6, 6.07) is 13.0. The summed E-state index contributed by atoms with van der Waals surface area (Å²) >= 11 is 0. The van der Waals surface area contributed by atoms with Crippen molar-refractivity contribution in [3.05, 3.63) is 54.7 Å². The highest BCUT2D eigenvalue weighted by molar-refractivity contribution is 7.92. The van der Waals surface area contributed by atoms with Gasteiger partial charge in [-0.25, -0.2) is 26.8 Å². The first-order valence-corrected chi connectivity index (χ1v) is 12.9. The van der Waals surface area contributed by atoms with Crippen LogP contribution in [0.3, 0.4) is 0 Å². The molecule has 1 aromatic heterocycles. The van der Waals surface area contributed by atoms with Gasteiger partial charge in [-0.05, 0) is 45.9 Å². The van der Waals surface area contributed by atoms with Crippen LogP contribution in [0.15, 0.2) is 64.5 Å². The van der Waals surface area contributed by atoms with E-state index in [0.717, 1.165) is 0 Å². The minimum absolute atomic E-state index is 0.115. The zero-order valence-corrected chi connectivity index (χ0v) is 19.4. The zero-order valence-electron chi connectivity index (χ0n) is 17.8. The van der Waals surface area contributed by atoms with Crippen molar-refractivity contribution in [3.8, 4) is 22.6 Å². The number of nitrogen functional groups attached to an aromatic ring is 1. The predicted octanol–water partition coefficient (Wildman–Crippen LogP) is 3.76. The Morgan fingerprint density at radius 3 is 1.71 bits per heavy atom. The molecule has 0 unspecified atom stereocenters. The van der Waals surface area contributed by atoms with E-state index >= 15 is 0 Å². The normalized spacial score (nSPS) is 12.5. The molecule has 3 rings (SSSR count). The fourth-order valence-electron chi connectivity index (χ4n) is 3.05. The number of aromatic nitrogens is 2. The monoisotopic (exact) mass is 459 g/mol. The van der Waals surface area contributed by atoms with Crippen molar-refractivity contribution in [1.82, 2.24) is 9.97 Å². The Kier molecular flexibility index (Phi) is 6.20. The van der Waals surface area contributed by atoms with Gasteiger partial charge < -0.3 is 5.73 Å². The predicted molar refractivity (Wildman–Crippen MR) is 122 cm³/mol. The lowest BCUT2D eigenvalue weighted by molar-refractivity contribution is 0.586. The quantitative estimate of drug-likeness (QED) is 0.596. The van der Waals surface area contributed by atoms with Crippen molar-refractivity contribution in [1.29, 1.82) is 0 Å². The standard InChI is InChI=1S/C22H25N3O4S2/c1-14(2)30(26,27)19-11-7-5-9-16(19)21-18(23)13-24-22(25-21)17-10-6-8-12-20(17)31(28,29)15(3)4/h5-15H,23H2,1-4H3. The van der Waals surface area contributed by atoms with Crippen LogP contribution in [-0.2, 0) is 19.7 Å². The number of benzene rings is 2. The molecule has 0 amide bonds. The largest absolute Gasteiger partial charge is 0.396 e. The Bertz CT molecular complexity index is 1330. The third-order valence-corrected chi connectivity index (χ3v) is 9.36. The average Bonchev–Trinajstić information content (AvgIpc) is 2.74. The Hall–Kier alpha value is -2.78. The summed E-state index contributed by atoms with van der Waals surface area (Å²) in [6.45, 7) is 6.42. The van der Waals surface area contributed by atoms with Crippen molar-refractivity contribution in [2.75, 3.05) is 5.73 Å². The van der Waals surface area contributed by atoms with E-state index in [4.69, 9.17) is 5.73 Å². The molecule has 0 radical (unpaired) electrons. The van der Waals surface area contributed by atoms with Crippen molar-refractivity contribution in [3.63, 3.8) is 0 Å². The molecule has 164 valence electrons. The van der Waals surface area contributed by atoms with Crippen LogP contribution >= 0.6 is 0 Å². The van der Waals surface area contributed by atoms with Gasteiger partial charge >= 0.3 is 0 Å². The molecule has 0 atom stereocenters. The van der Waals surface area contributed by atoms with E-state index in [1.165, 1.54) is 18.3 Å². The minimum Gasteiger partial charge on any atom is -0.396 e. The van der Waals surface area contributed by atoms with Crippen LogP contribution < -0.4 is 5.73 Å². The maximum Gasteiger partial charge on any atom is 0.181 e. The molecule has 0 saturated carbocycles. The van der Waals surface area contributed by atoms with Gasteiger partial charge in [0.15, 0.2) is 25.5 Å². The molecule has 9 heteroatoms. The molecular formula is C22H25N3O4S2. The van der Waals surface area contributed by atoms with Crippen LogP contribution in [0.2, 0.25) is 0 Å². The Morgan fingerprint density at radius 2 is 1.19 bits per heavy atom. The van der Waals surface area contributed by atoms with E-state index in [0.29, 0.717) is 11.1 Å². The van der Waals surface area contributed by atoms with Crippen molar-refractivity contribution >= 4 is 25.4 Å². The maximum absolute atomic E-state index is 12.9. The Morgan fingerprint density at radius 1 is 0.742 bits per heavy atom. The van der Waals surface area contributed by atoms with E-state index < -0.39 is 30.2 Å². The molecular weight excluding hydrogens is 434 g/mol. The van der Waals surface area contributed by atoms with Gasteiger partial charge in [0.05, 0.1) is 37.9 Å². The maximum atomic E-state index is 12.9. The van der Waals surface area contributed by atoms with Gasteiger partial charge in [0, 0.05) is 11.1 Å². The van der Waals surface area contributed by atoms with Crippen molar-refractivity contribution in [2.24, 2.45) is 0 Å². The molecule has 2 N–H and O–H groups in total. The molecule has 3 aromatic rings. The number of rotatable bonds is 6. The van der Waals surface area contributed by atoms with E-state index in [2.05, 4.69) is 9.97 Å². The number of nitrogens with zero attached hydrogens (tertiary/aromatic N) is 2. The minimum atomic E-state index is -3.60. The van der Waals surface area contributed by atoms with Crippen LogP contribution in [0, 0.1) is 0 Å². The highest BCUT2D eigenvalue weighted by Crippen LogP contribution is 2.34. The summed E-state index contributed by atoms with van der Waals surface area (Å²) in [5, 5.41) is -1.26. The van der Waals surface area contributed by atoms with Gasteiger partial charge in [-0.15, -0.1) is 0 Å². The topological polar surface area (TPSA) is 120 Å². The fourth-order valence-corrected chi connectivity index (χ4v) is 5.54. The summed E-state index contributed by atoms with van der Waals surface area (Å²) in [6.07, 6.45) is 1.37. The molecule has 1 heterocycles. The summed E-state index contributed by atoms with van der Waals surface area (Å²) in [4.78, 5) is 8.99. The van der Waals surface area contributed by atoms with Gasteiger partial charge in [-0.3, -0.25) is 0 Å². The second-order valence-electron chi connectivity index (χ2n) is 7.68. The highest BCUT2D eigenvalue weighted by Gasteiger charge is 2.27. The Labute approximate surface area is 183 Å². The third-order valence-electron chi connectivity index (χ3n) is 4.94. The summed E-state index contributed by atoms with van der Waals surface area (Å²) < 4.78 is 51.5. The number of sulfone groups is 2. The van der Waals surface area contributed by atoms with Crippen LogP contribution in [0.1, 0.15) is 27.7 Å². The highest BCUT2D eigenvalue weighted by atomic mass is 32.2. The number of hydrogen-bond donors (Lipinski definition) is 1. The Balaban J connectivity index is 2.28. The average molecular weight is 460 g/mol. The van der Waals surface area contributed by atoms with Gasteiger partial charge in [-0.1, -0.05) is 30.3 Å². The lowest BCUT2D eigenvalue weighted by Crippen LogP contribution is -2.16. The van der Waals surface area contributed by atoms with Crippen molar-refractivity contribution < 1.29 is 16.8 Å². The van der Waals surface area contributed by atoms with Gasteiger partial charge in [0.2, 0.25) is 0 Å². The van der Waals surface area contributed by atoms with Gasteiger partial charge in [-0.2, -0.15) is 0 Å². The second kappa shape index (κ2) is 8.39. The van der Waals surface area contributed by atoms with Crippen LogP contribution in [0.4, 0.5) is 5.69 Å². The molecule has 31 heavy (non-hydrogen) atoms. The zero-order chi connectivity index (χ0) is 23.0. The van der Waals surface area contributed by atoms with Crippen molar-refractivity contribution in [2.45, 2.75) is 48.0 Å². The number of nitrogens with two attached hydrogens (primary N) is 1. The molecule has 0 bridgehead atoms. The first-order chi connectivity index (χ1) is 14.5. The molecule has 7 nitrogen and oxygen atoms in total. The van der Waals surface area contributed by atoms with Crippen LogP contribution in [0.25, 0.3) is 22.6 Å². The summed E-state index contributed by atoms with van der Waals surface area (Å²) in [5.74, 6) is 0.153. The van der Waals surface area contributed by atoms with Crippen LogP contribution in [0.5, 0.6) is 0 Å². The molecule has 0 aliphatic carbocycles. The molecule has 0 aliphatic heterocycles. The lowest BCUT2D eigenvalue weighted by atomic mass is 10.1. The van der Waals surface area contributed by atoms with Gasteiger partial charge in [0.1, 0.15) is 0 Å². The lowest BCUT2D eigenvalue weighted by Gasteiger charge is -2.15. The SMILES string of the molecule is CC(C)S(=O)(=O)c1ccccc1-c1ncc(N)c(-c2ccccc2S(=O)(=O)C(C)C)n1. The fraction of sp³-hybridized carbons (Fsp3) is 0.273. The van der Waals surface area contributed by atoms with Crippen LogP contribution in [-0.4, -0.2) is 37.3 Å². The summed E-state index contributed by atoms with van der Waals surface area (Å²) in [7, 11) is -7.20. The number of anilines is 1. The first-order valence-electron chi connectivity index (χ1n) is 9.77. The van der Waals surface area contributed by atoms with Gasteiger partial charge in [0.25, 0.3) is 0 Å². The molecule has 2 aromatic carbocycles. The molecule has 0 aliphatic rings. The second-order valence-corrected chi connectivity index (χ2v) is 12.6.